The van der Waals surface area contributed by atoms with Gasteiger partial charge in [0.15, 0.2) is 11.2 Å². The Morgan fingerprint density at radius 3 is 2.43 bits per heavy atom. The third kappa shape index (κ3) is 3.42. The minimum Gasteiger partial charge on any atom is -0.496 e. The van der Waals surface area contributed by atoms with Crippen molar-refractivity contribution in [3.8, 4) is 11.4 Å². The predicted molar refractivity (Wildman–Crippen MR) is 114 cm³/mol. The zero-order valence-electron chi connectivity index (χ0n) is 16.8. The molecule has 0 aliphatic rings. The highest BCUT2D eigenvalue weighted by Crippen LogP contribution is 2.20. The van der Waals surface area contributed by atoms with Crippen LogP contribution in [0.1, 0.15) is 5.56 Å². The third-order valence-electron chi connectivity index (χ3n) is 4.97. The molecular formula is C22H22N4O4. The van der Waals surface area contributed by atoms with Crippen molar-refractivity contribution in [2.24, 2.45) is 0 Å². The van der Waals surface area contributed by atoms with Crippen LogP contribution < -0.4 is 16.0 Å². The molecule has 0 atom stereocenters. The molecule has 154 valence electrons. The van der Waals surface area contributed by atoms with E-state index in [9.17, 15) is 9.59 Å². The zero-order valence-corrected chi connectivity index (χ0v) is 16.8. The molecule has 0 unspecified atom stereocenters. The average Bonchev–Trinajstić information content (AvgIpc) is 3.18. The predicted octanol–water partition coefficient (Wildman–Crippen LogP) is 2.05. The van der Waals surface area contributed by atoms with Gasteiger partial charge in [-0.05, 0) is 18.2 Å². The van der Waals surface area contributed by atoms with Crippen LogP contribution in [-0.4, -0.2) is 39.5 Å². The smallest absolute Gasteiger partial charge is 0.337 e. The Bertz CT molecular complexity index is 1290. The highest BCUT2D eigenvalue weighted by atomic mass is 16.5. The van der Waals surface area contributed by atoms with Gasteiger partial charge < -0.3 is 14.0 Å². The van der Waals surface area contributed by atoms with Crippen molar-refractivity contribution in [3.63, 3.8) is 0 Å². The lowest BCUT2D eigenvalue weighted by atomic mass is 10.2. The summed E-state index contributed by atoms with van der Waals surface area (Å²) in [6, 6.07) is 16.8. The maximum Gasteiger partial charge on any atom is 0.337 e. The van der Waals surface area contributed by atoms with Crippen molar-refractivity contribution in [3.05, 3.63) is 87.3 Å². The summed E-state index contributed by atoms with van der Waals surface area (Å²) in [7, 11) is 3.14. The van der Waals surface area contributed by atoms with Crippen molar-refractivity contribution in [2.45, 2.75) is 13.1 Å². The van der Waals surface area contributed by atoms with Gasteiger partial charge in [-0.3, -0.25) is 9.36 Å². The number of fused-ring (bicyclic) bond motifs is 1. The highest BCUT2D eigenvalue weighted by Gasteiger charge is 2.19. The van der Waals surface area contributed by atoms with Crippen molar-refractivity contribution in [2.75, 3.05) is 20.8 Å². The van der Waals surface area contributed by atoms with Crippen molar-refractivity contribution < 1.29 is 9.47 Å². The molecule has 0 bridgehead atoms. The zero-order chi connectivity index (χ0) is 21.1. The van der Waals surface area contributed by atoms with Crippen molar-refractivity contribution in [1.82, 2.24) is 18.7 Å². The van der Waals surface area contributed by atoms with E-state index in [4.69, 9.17) is 9.47 Å². The summed E-state index contributed by atoms with van der Waals surface area (Å²) in [5, 5.41) is 0. The Hall–Kier alpha value is -3.65. The van der Waals surface area contributed by atoms with Crippen LogP contribution in [0.4, 0.5) is 0 Å². The number of hydrogen-bond acceptors (Lipinski definition) is 5. The molecule has 2 heterocycles. The molecular weight excluding hydrogens is 384 g/mol. The molecule has 2 aromatic heterocycles. The molecule has 0 N–H and O–H groups in total. The molecule has 0 aliphatic heterocycles. The summed E-state index contributed by atoms with van der Waals surface area (Å²) in [5.41, 5.74) is 1.37. The Morgan fingerprint density at radius 1 is 0.967 bits per heavy atom. The van der Waals surface area contributed by atoms with Crippen LogP contribution >= 0.6 is 0 Å². The second-order valence-corrected chi connectivity index (χ2v) is 6.76. The molecule has 2 aromatic carbocycles. The molecule has 0 amide bonds. The van der Waals surface area contributed by atoms with Crippen LogP contribution in [0.15, 0.2) is 70.5 Å². The fourth-order valence-electron chi connectivity index (χ4n) is 3.51. The van der Waals surface area contributed by atoms with E-state index in [1.165, 1.54) is 16.2 Å². The number of benzene rings is 2. The molecule has 0 saturated carbocycles. The lowest BCUT2D eigenvalue weighted by Gasteiger charge is -2.13. The van der Waals surface area contributed by atoms with Crippen LogP contribution in [0.3, 0.4) is 0 Å². The van der Waals surface area contributed by atoms with Gasteiger partial charge in [0.1, 0.15) is 5.75 Å². The summed E-state index contributed by atoms with van der Waals surface area (Å²) in [6.07, 6.45) is 1.58. The van der Waals surface area contributed by atoms with Crippen LogP contribution in [0.5, 0.6) is 5.75 Å². The van der Waals surface area contributed by atoms with E-state index in [1.807, 2.05) is 54.6 Å². The molecule has 8 nitrogen and oxygen atoms in total. The first-order valence-corrected chi connectivity index (χ1v) is 9.52. The van der Waals surface area contributed by atoms with E-state index in [2.05, 4.69) is 4.98 Å². The SMILES string of the molecule is COCCn1c(=O)c2c(ncn2Cc2ccccc2OC)n(-c2ccccc2)c1=O. The molecule has 8 heteroatoms. The fraction of sp³-hybridized carbons (Fsp3) is 0.227. The van der Waals surface area contributed by atoms with E-state index >= 15 is 0 Å². The van der Waals surface area contributed by atoms with E-state index in [1.54, 1.807) is 18.0 Å². The van der Waals surface area contributed by atoms with Crippen molar-refractivity contribution in [1.29, 1.82) is 0 Å². The molecule has 4 aromatic rings. The number of imidazole rings is 1. The molecule has 30 heavy (non-hydrogen) atoms. The number of para-hydroxylation sites is 2. The summed E-state index contributed by atoms with van der Waals surface area (Å²) < 4.78 is 14.9. The number of aromatic nitrogens is 4. The van der Waals surface area contributed by atoms with Crippen LogP contribution in [0, 0.1) is 0 Å². The van der Waals surface area contributed by atoms with Gasteiger partial charge in [0.25, 0.3) is 5.56 Å². The van der Waals surface area contributed by atoms with Crippen LogP contribution in [-0.2, 0) is 17.8 Å². The Labute approximate surface area is 172 Å². The van der Waals surface area contributed by atoms with Crippen LogP contribution in [0.2, 0.25) is 0 Å². The van der Waals surface area contributed by atoms with E-state index in [0.29, 0.717) is 23.4 Å². The monoisotopic (exact) mass is 406 g/mol. The maximum absolute atomic E-state index is 13.3. The summed E-state index contributed by atoms with van der Waals surface area (Å²) >= 11 is 0. The summed E-state index contributed by atoms with van der Waals surface area (Å²) in [6.45, 7) is 0.778. The largest absolute Gasteiger partial charge is 0.496 e. The summed E-state index contributed by atoms with van der Waals surface area (Å²) in [5.74, 6) is 0.718. The number of ether oxygens (including phenoxy) is 2. The molecule has 0 fully saturated rings. The number of rotatable bonds is 7. The highest BCUT2D eigenvalue weighted by molar-refractivity contribution is 5.72. The Balaban J connectivity index is 1.97. The lowest BCUT2D eigenvalue weighted by Crippen LogP contribution is -2.41. The Kier molecular flexibility index (Phi) is 5.49. The first kappa shape index (κ1) is 19.7. The normalized spacial score (nSPS) is 11.1. The number of nitrogens with zero attached hydrogens (tertiary/aromatic N) is 4. The van der Waals surface area contributed by atoms with E-state index < -0.39 is 11.2 Å². The first-order valence-electron chi connectivity index (χ1n) is 9.52. The van der Waals surface area contributed by atoms with Gasteiger partial charge in [0.2, 0.25) is 0 Å². The molecule has 0 aliphatic carbocycles. The second-order valence-electron chi connectivity index (χ2n) is 6.76. The van der Waals surface area contributed by atoms with Crippen LogP contribution in [0.25, 0.3) is 16.9 Å². The van der Waals surface area contributed by atoms with E-state index in [0.717, 1.165) is 11.3 Å². The molecule has 0 spiro atoms. The average molecular weight is 406 g/mol. The molecule has 0 radical (unpaired) electrons. The topological polar surface area (TPSA) is 80.3 Å². The van der Waals surface area contributed by atoms with Gasteiger partial charge in [-0.2, -0.15) is 0 Å². The summed E-state index contributed by atoms with van der Waals surface area (Å²) in [4.78, 5) is 30.9. The molecule has 0 saturated heterocycles. The van der Waals surface area contributed by atoms with Gasteiger partial charge in [-0.15, -0.1) is 0 Å². The maximum atomic E-state index is 13.3. The fourth-order valence-corrected chi connectivity index (χ4v) is 3.51. The van der Waals surface area contributed by atoms with Gasteiger partial charge in [-0.25, -0.2) is 14.3 Å². The van der Waals surface area contributed by atoms with Gasteiger partial charge in [0.05, 0.1) is 38.8 Å². The lowest BCUT2D eigenvalue weighted by molar-refractivity contribution is 0.184. The van der Waals surface area contributed by atoms with Gasteiger partial charge in [0, 0.05) is 12.7 Å². The van der Waals surface area contributed by atoms with Crippen molar-refractivity contribution >= 4 is 11.2 Å². The third-order valence-corrected chi connectivity index (χ3v) is 4.97. The Morgan fingerprint density at radius 2 is 1.70 bits per heavy atom. The minimum absolute atomic E-state index is 0.150. The minimum atomic E-state index is -0.446. The number of methoxy groups -OCH3 is 2. The standard InChI is InChI=1S/C22H22N4O4/c1-29-13-12-25-21(27)19-20(26(22(25)28)17-9-4-3-5-10-17)23-15-24(19)14-16-8-6-7-11-18(16)30-2/h3-11,15H,12-14H2,1-2H3. The van der Waals surface area contributed by atoms with Gasteiger partial charge in [-0.1, -0.05) is 36.4 Å². The van der Waals surface area contributed by atoms with E-state index in [-0.39, 0.29) is 13.2 Å². The number of hydrogen-bond donors (Lipinski definition) is 0. The first-order chi connectivity index (χ1) is 14.7. The quantitative estimate of drug-likeness (QED) is 0.469. The second kappa shape index (κ2) is 8.38. The van der Waals surface area contributed by atoms with Gasteiger partial charge >= 0.3 is 5.69 Å². The molecule has 4 rings (SSSR count).